The second-order valence-corrected chi connectivity index (χ2v) is 7.59. The number of carboxylic acid groups (broad SMARTS) is 1. The Morgan fingerprint density at radius 3 is 2.09 bits per heavy atom. The topological polar surface area (TPSA) is 105 Å². The van der Waals surface area contributed by atoms with Crippen molar-refractivity contribution in [1.29, 1.82) is 0 Å². The summed E-state index contributed by atoms with van der Waals surface area (Å²) in [6.45, 7) is 0.00852. The monoisotopic (exact) mass is 448 g/mol. The minimum atomic E-state index is -1.45. The van der Waals surface area contributed by atoms with Crippen molar-refractivity contribution in [2.24, 2.45) is 0 Å². The fourth-order valence-electron chi connectivity index (χ4n) is 3.95. The lowest BCUT2D eigenvalue weighted by molar-refractivity contribution is -0.139. The van der Waals surface area contributed by atoms with Gasteiger partial charge in [0.1, 0.15) is 18.5 Å². The largest absolute Gasteiger partial charge is 0.481 e. The summed E-state index contributed by atoms with van der Waals surface area (Å²) in [7, 11) is 0. The number of rotatable bonds is 7. The van der Waals surface area contributed by atoms with Crippen LogP contribution in [0.1, 0.15) is 23.5 Å². The molecular weight excluding hydrogens is 427 g/mol. The number of halogens is 1. The van der Waals surface area contributed by atoms with Gasteiger partial charge in [0.15, 0.2) is 0 Å². The first kappa shape index (κ1) is 22.0. The van der Waals surface area contributed by atoms with Gasteiger partial charge in [-0.3, -0.25) is 9.59 Å². The molecule has 3 N–H and O–H groups in total. The number of amides is 2. The molecule has 2 amide bonds. The molecule has 7 nitrogen and oxygen atoms in total. The lowest BCUT2D eigenvalue weighted by Gasteiger charge is -2.19. The van der Waals surface area contributed by atoms with Crippen LogP contribution in [-0.2, 0) is 14.3 Å². The van der Waals surface area contributed by atoms with E-state index in [-0.39, 0.29) is 18.2 Å². The number of nitrogens with one attached hydrogen (secondary N) is 2. The van der Waals surface area contributed by atoms with Crippen LogP contribution >= 0.6 is 0 Å². The van der Waals surface area contributed by atoms with E-state index < -0.39 is 36.2 Å². The van der Waals surface area contributed by atoms with Crippen LogP contribution in [-0.4, -0.2) is 35.7 Å². The molecule has 1 aliphatic carbocycles. The first-order valence-corrected chi connectivity index (χ1v) is 10.3. The van der Waals surface area contributed by atoms with Crippen LogP contribution in [0.3, 0.4) is 0 Å². The first-order valence-electron chi connectivity index (χ1n) is 10.3. The predicted octanol–water partition coefficient (Wildman–Crippen LogP) is 4.15. The predicted molar refractivity (Wildman–Crippen MR) is 119 cm³/mol. The van der Waals surface area contributed by atoms with E-state index in [0.717, 1.165) is 28.3 Å². The number of carbonyl (C=O) groups is 3. The maximum atomic E-state index is 13.8. The van der Waals surface area contributed by atoms with Crippen molar-refractivity contribution in [2.45, 2.75) is 18.4 Å². The van der Waals surface area contributed by atoms with Crippen LogP contribution in [0.2, 0.25) is 0 Å². The molecule has 0 bridgehead atoms. The zero-order valence-electron chi connectivity index (χ0n) is 17.5. The van der Waals surface area contributed by atoms with Crippen molar-refractivity contribution < 1.29 is 28.6 Å². The summed E-state index contributed by atoms with van der Waals surface area (Å²) >= 11 is 0. The quantitative estimate of drug-likeness (QED) is 0.504. The van der Waals surface area contributed by atoms with Crippen LogP contribution < -0.4 is 10.6 Å². The lowest BCUT2D eigenvalue weighted by Crippen LogP contribution is -2.45. The summed E-state index contributed by atoms with van der Waals surface area (Å²) in [6, 6.07) is 19.7. The van der Waals surface area contributed by atoms with Gasteiger partial charge in [-0.2, -0.15) is 0 Å². The zero-order valence-corrected chi connectivity index (χ0v) is 17.5. The molecule has 168 valence electrons. The highest BCUT2D eigenvalue weighted by Gasteiger charge is 2.30. The number of aliphatic carboxylic acids is 1. The Bertz CT molecular complexity index is 1170. The molecule has 0 saturated heterocycles. The van der Waals surface area contributed by atoms with Gasteiger partial charge in [-0.1, -0.05) is 60.7 Å². The minimum Gasteiger partial charge on any atom is -0.481 e. The molecule has 3 aromatic rings. The number of hydrogen-bond acceptors (Lipinski definition) is 4. The Balaban J connectivity index is 1.43. The van der Waals surface area contributed by atoms with E-state index in [0.29, 0.717) is 0 Å². The highest BCUT2D eigenvalue weighted by atomic mass is 19.1. The van der Waals surface area contributed by atoms with Gasteiger partial charge in [0.2, 0.25) is 5.91 Å². The molecule has 0 aliphatic heterocycles. The van der Waals surface area contributed by atoms with Gasteiger partial charge in [-0.05, 0) is 34.4 Å². The van der Waals surface area contributed by atoms with Gasteiger partial charge in [-0.15, -0.1) is 0 Å². The summed E-state index contributed by atoms with van der Waals surface area (Å²) < 4.78 is 19.2. The smallest absolute Gasteiger partial charge is 0.407 e. The normalized spacial score (nSPS) is 12.9. The average molecular weight is 448 g/mol. The van der Waals surface area contributed by atoms with E-state index in [9.17, 15) is 18.8 Å². The molecule has 1 unspecified atom stereocenters. The molecule has 0 heterocycles. The van der Waals surface area contributed by atoms with Crippen molar-refractivity contribution in [1.82, 2.24) is 5.32 Å². The Hall–Kier alpha value is -4.20. The van der Waals surface area contributed by atoms with Crippen molar-refractivity contribution in [3.63, 3.8) is 0 Å². The SMILES string of the molecule is O=C(O)CC(NC(=O)OCC1c2ccccc2-c2ccccc21)C(=O)Nc1ccccc1F. The van der Waals surface area contributed by atoms with Gasteiger partial charge in [0.25, 0.3) is 0 Å². The molecule has 0 saturated carbocycles. The maximum absolute atomic E-state index is 13.8. The van der Waals surface area contributed by atoms with Crippen molar-refractivity contribution in [3.8, 4) is 11.1 Å². The number of para-hydroxylation sites is 1. The van der Waals surface area contributed by atoms with Gasteiger partial charge < -0.3 is 20.5 Å². The highest BCUT2D eigenvalue weighted by Crippen LogP contribution is 2.44. The number of carbonyl (C=O) groups excluding carboxylic acids is 2. The third-order valence-electron chi connectivity index (χ3n) is 5.46. The van der Waals surface area contributed by atoms with Crippen LogP contribution in [0.4, 0.5) is 14.9 Å². The summed E-state index contributed by atoms with van der Waals surface area (Å²) in [5.41, 5.74) is 4.05. The summed E-state index contributed by atoms with van der Waals surface area (Å²) in [6.07, 6.45) is -1.63. The number of fused-ring (bicyclic) bond motifs is 3. The van der Waals surface area contributed by atoms with Crippen molar-refractivity contribution >= 4 is 23.7 Å². The Morgan fingerprint density at radius 1 is 0.909 bits per heavy atom. The van der Waals surface area contributed by atoms with E-state index in [1.165, 1.54) is 18.2 Å². The van der Waals surface area contributed by atoms with E-state index in [2.05, 4.69) is 10.6 Å². The molecule has 4 rings (SSSR count). The molecule has 8 heteroatoms. The van der Waals surface area contributed by atoms with Gasteiger partial charge in [0, 0.05) is 5.92 Å². The molecule has 33 heavy (non-hydrogen) atoms. The molecule has 0 radical (unpaired) electrons. The number of alkyl carbamates (subject to hydrolysis) is 1. The average Bonchev–Trinajstić information content (AvgIpc) is 3.12. The van der Waals surface area contributed by atoms with Crippen molar-refractivity contribution in [2.75, 3.05) is 11.9 Å². The second-order valence-electron chi connectivity index (χ2n) is 7.59. The number of benzene rings is 3. The third kappa shape index (κ3) is 4.85. The number of ether oxygens (including phenoxy) is 1. The standard InChI is InChI=1S/C25H21FN2O5/c26-20-11-5-6-12-21(20)27-24(31)22(13-23(29)30)28-25(32)33-14-19-17-9-3-1-7-15(17)16-8-2-4-10-18(16)19/h1-12,19,22H,13-14H2,(H,27,31)(H,28,32)(H,29,30). The van der Waals surface area contributed by atoms with Crippen LogP contribution in [0.25, 0.3) is 11.1 Å². The number of hydrogen-bond donors (Lipinski definition) is 3. The fourth-order valence-corrected chi connectivity index (χ4v) is 3.95. The van der Waals surface area contributed by atoms with Crippen LogP contribution in [0.5, 0.6) is 0 Å². The Kier molecular flexibility index (Phi) is 6.35. The van der Waals surface area contributed by atoms with E-state index in [4.69, 9.17) is 9.84 Å². The summed E-state index contributed by atoms with van der Waals surface area (Å²) in [5, 5.41) is 13.7. The van der Waals surface area contributed by atoms with E-state index >= 15 is 0 Å². The molecule has 0 aromatic heterocycles. The Morgan fingerprint density at radius 2 is 1.48 bits per heavy atom. The molecule has 3 aromatic carbocycles. The second kappa shape index (κ2) is 9.52. The summed E-state index contributed by atoms with van der Waals surface area (Å²) in [5.74, 6) is -3.03. The zero-order chi connectivity index (χ0) is 23.4. The lowest BCUT2D eigenvalue weighted by atomic mass is 9.98. The van der Waals surface area contributed by atoms with Crippen molar-refractivity contribution in [3.05, 3.63) is 89.7 Å². The fraction of sp³-hybridized carbons (Fsp3) is 0.160. The van der Waals surface area contributed by atoms with E-state index in [1.807, 2.05) is 48.5 Å². The molecule has 0 fully saturated rings. The number of anilines is 1. The molecule has 0 spiro atoms. The molecule has 1 aliphatic rings. The van der Waals surface area contributed by atoms with E-state index in [1.54, 1.807) is 0 Å². The van der Waals surface area contributed by atoms with Crippen LogP contribution in [0, 0.1) is 5.82 Å². The van der Waals surface area contributed by atoms with Gasteiger partial charge in [0.05, 0.1) is 12.1 Å². The third-order valence-corrected chi connectivity index (χ3v) is 5.46. The number of carboxylic acids is 1. The molecular formula is C25H21FN2O5. The summed E-state index contributed by atoms with van der Waals surface area (Å²) in [4.78, 5) is 36.2. The first-order chi connectivity index (χ1) is 15.9. The Labute approximate surface area is 189 Å². The molecule has 1 atom stereocenters. The van der Waals surface area contributed by atoms with Crippen LogP contribution in [0.15, 0.2) is 72.8 Å². The minimum absolute atomic E-state index is 0.00852. The highest BCUT2D eigenvalue weighted by molar-refractivity contribution is 5.98. The van der Waals surface area contributed by atoms with Gasteiger partial charge >= 0.3 is 12.1 Å². The maximum Gasteiger partial charge on any atom is 0.407 e. The van der Waals surface area contributed by atoms with Gasteiger partial charge in [-0.25, -0.2) is 9.18 Å².